The lowest BCUT2D eigenvalue weighted by Gasteiger charge is -2.07. The molecular formula is C20H25ClN4. The van der Waals surface area contributed by atoms with E-state index >= 15 is 0 Å². The van der Waals surface area contributed by atoms with E-state index in [4.69, 9.17) is 11.6 Å². The summed E-state index contributed by atoms with van der Waals surface area (Å²) in [5.41, 5.74) is 5.73. The van der Waals surface area contributed by atoms with Gasteiger partial charge < -0.3 is 10.3 Å². The van der Waals surface area contributed by atoms with Gasteiger partial charge in [0.2, 0.25) is 0 Å². The Balaban J connectivity index is 1.33. The molecule has 0 aliphatic carbocycles. The highest BCUT2D eigenvalue weighted by Gasteiger charge is 2.04. The molecule has 25 heavy (non-hydrogen) atoms. The number of pyridine rings is 1. The van der Waals surface area contributed by atoms with Gasteiger partial charge in [-0.2, -0.15) is 0 Å². The number of aryl methyl sites for hydroxylation is 3. The number of imidazole rings is 1. The van der Waals surface area contributed by atoms with E-state index in [-0.39, 0.29) is 0 Å². The number of benzene rings is 1. The molecule has 0 amide bonds. The van der Waals surface area contributed by atoms with Gasteiger partial charge in [-0.25, -0.2) is 9.97 Å². The van der Waals surface area contributed by atoms with E-state index in [1.54, 1.807) is 6.20 Å². The van der Waals surface area contributed by atoms with E-state index < -0.39 is 0 Å². The average molecular weight is 357 g/mol. The Morgan fingerprint density at radius 1 is 1.08 bits per heavy atom. The number of hydrogen-bond donors (Lipinski definition) is 2. The molecule has 3 aromatic rings. The fourth-order valence-corrected chi connectivity index (χ4v) is 3.07. The third-order valence-electron chi connectivity index (χ3n) is 4.52. The molecule has 4 nitrogen and oxygen atoms in total. The zero-order valence-corrected chi connectivity index (χ0v) is 15.7. The van der Waals surface area contributed by atoms with Crippen molar-refractivity contribution in [2.75, 3.05) is 6.54 Å². The number of H-pyrrole nitrogens is 1. The average Bonchev–Trinajstić information content (AvgIpc) is 2.99. The van der Waals surface area contributed by atoms with Crippen molar-refractivity contribution in [3.05, 3.63) is 58.0 Å². The summed E-state index contributed by atoms with van der Waals surface area (Å²) in [7, 11) is 0. The summed E-state index contributed by atoms with van der Waals surface area (Å²) in [6.45, 7) is 6.31. The zero-order valence-electron chi connectivity index (χ0n) is 14.9. The Hall–Kier alpha value is -1.91. The first-order valence-corrected chi connectivity index (χ1v) is 9.26. The molecule has 132 valence electrons. The number of aromatic amines is 1. The van der Waals surface area contributed by atoms with Crippen molar-refractivity contribution in [2.45, 2.75) is 46.1 Å². The first-order valence-electron chi connectivity index (χ1n) is 8.89. The largest absolute Gasteiger partial charge is 0.341 e. The quantitative estimate of drug-likeness (QED) is 0.573. The third-order valence-corrected chi connectivity index (χ3v) is 4.73. The molecule has 0 unspecified atom stereocenters. The van der Waals surface area contributed by atoms with Crippen molar-refractivity contribution >= 4 is 22.8 Å². The lowest BCUT2D eigenvalue weighted by atomic mass is 10.1. The monoisotopic (exact) mass is 356 g/mol. The van der Waals surface area contributed by atoms with E-state index in [9.17, 15) is 0 Å². The number of nitrogens with zero attached hydrogens (tertiary/aromatic N) is 2. The molecule has 0 saturated carbocycles. The van der Waals surface area contributed by atoms with Crippen molar-refractivity contribution in [2.24, 2.45) is 0 Å². The van der Waals surface area contributed by atoms with Gasteiger partial charge in [0.25, 0.3) is 0 Å². The highest BCUT2D eigenvalue weighted by molar-refractivity contribution is 6.31. The molecule has 2 N–H and O–H groups in total. The molecule has 1 aromatic carbocycles. The summed E-state index contributed by atoms with van der Waals surface area (Å²) < 4.78 is 0. The van der Waals surface area contributed by atoms with Gasteiger partial charge in [-0.15, -0.1) is 0 Å². The SMILES string of the molecule is Cc1ccc(CNCCCCCc2nc3ncc(Cl)cc3[nH]2)cc1C. The van der Waals surface area contributed by atoms with Gasteiger partial charge in [0.15, 0.2) is 5.65 Å². The van der Waals surface area contributed by atoms with Gasteiger partial charge in [-0.1, -0.05) is 36.2 Å². The predicted octanol–water partition coefficient (Wildman–Crippen LogP) is 4.73. The Morgan fingerprint density at radius 3 is 2.80 bits per heavy atom. The number of fused-ring (bicyclic) bond motifs is 1. The number of unbranched alkanes of at least 4 members (excludes halogenated alkanes) is 2. The van der Waals surface area contributed by atoms with Crippen molar-refractivity contribution in [3.8, 4) is 0 Å². The summed E-state index contributed by atoms with van der Waals surface area (Å²) in [4.78, 5) is 12.0. The van der Waals surface area contributed by atoms with Crippen LogP contribution in [-0.4, -0.2) is 21.5 Å². The van der Waals surface area contributed by atoms with Gasteiger partial charge in [-0.05, 0) is 56.0 Å². The van der Waals surface area contributed by atoms with Crippen molar-refractivity contribution < 1.29 is 0 Å². The van der Waals surface area contributed by atoms with Crippen LogP contribution in [0.5, 0.6) is 0 Å². The minimum atomic E-state index is 0.637. The minimum Gasteiger partial charge on any atom is -0.341 e. The van der Waals surface area contributed by atoms with Crippen LogP contribution in [0.2, 0.25) is 5.02 Å². The zero-order chi connectivity index (χ0) is 17.6. The fourth-order valence-electron chi connectivity index (χ4n) is 2.91. The molecule has 0 saturated heterocycles. The van der Waals surface area contributed by atoms with Gasteiger partial charge >= 0.3 is 0 Å². The van der Waals surface area contributed by atoms with Crippen molar-refractivity contribution in [3.63, 3.8) is 0 Å². The van der Waals surface area contributed by atoms with Crippen LogP contribution in [0, 0.1) is 13.8 Å². The number of halogens is 1. The molecule has 2 heterocycles. The maximum absolute atomic E-state index is 5.95. The third kappa shape index (κ3) is 5.03. The Labute approximate surface area is 154 Å². The summed E-state index contributed by atoms with van der Waals surface area (Å²) in [5, 5.41) is 4.16. The topological polar surface area (TPSA) is 53.6 Å². The molecule has 0 radical (unpaired) electrons. The van der Waals surface area contributed by atoms with E-state index in [1.807, 2.05) is 6.07 Å². The first-order chi connectivity index (χ1) is 12.1. The van der Waals surface area contributed by atoms with Crippen LogP contribution >= 0.6 is 11.6 Å². The van der Waals surface area contributed by atoms with Crippen LogP contribution in [0.1, 0.15) is 41.8 Å². The molecule has 0 aliphatic rings. The molecule has 0 spiro atoms. The van der Waals surface area contributed by atoms with Crippen LogP contribution < -0.4 is 5.32 Å². The second-order valence-corrected chi connectivity index (χ2v) is 7.05. The van der Waals surface area contributed by atoms with Crippen LogP contribution in [0.25, 0.3) is 11.2 Å². The minimum absolute atomic E-state index is 0.637. The van der Waals surface area contributed by atoms with Gasteiger partial charge in [0.1, 0.15) is 5.82 Å². The second-order valence-electron chi connectivity index (χ2n) is 6.61. The highest BCUT2D eigenvalue weighted by Crippen LogP contribution is 2.15. The number of nitrogens with one attached hydrogen (secondary N) is 2. The maximum atomic E-state index is 5.95. The van der Waals surface area contributed by atoms with Gasteiger partial charge in [0.05, 0.1) is 10.5 Å². The van der Waals surface area contributed by atoms with Crippen molar-refractivity contribution in [1.29, 1.82) is 0 Å². The molecule has 0 bridgehead atoms. The van der Waals surface area contributed by atoms with Crippen LogP contribution in [0.15, 0.2) is 30.5 Å². The molecule has 0 fully saturated rings. The lowest BCUT2D eigenvalue weighted by Crippen LogP contribution is -2.14. The Kier molecular flexibility index (Phi) is 6.05. The highest BCUT2D eigenvalue weighted by atomic mass is 35.5. The van der Waals surface area contributed by atoms with Crippen LogP contribution in [0.4, 0.5) is 0 Å². The number of rotatable bonds is 8. The van der Waals surface area contributed by atoms with E-state index in [1.165, 1.54) is 29.5 Å². The van der Waals surface area contributed by atoms with E-state index in [0.717, 1.165) is 42.9 Å². The second kappa shape index (κ2) is 8.45. The number of aromatic nitrogens is 3. The summed E-state index contributed by atoms with van der Waals surface area (Å²) >= 11 is 5.95. The van der Waals surface area contributed by atoms with Crippen LogP contribution in [0.3, 0.4) is 0 Å². The smallest absolute Gasteiger partial charge is 0.177 e. The van der Waals surface area contributed by atoms with Gasteiger partial charge in [-0.3, -0.25) is 0 Å². The summed E-state index contributed by atoms with van der Waals surface area (Å²) in [6.07, 6.45) is 6.07. The molecule has 2 aromatic heterocycles. The summed E-state index contributed by atoms with van der Waals surface area (Å²) in [6, 6.07) is 8.54. The van der Waals surface area contributed by atoms with Gasteiger partial charge in [0, 0.05) is 19.2 Å². The predicted molar refractivity (Wildman–Crippen MR) is 104 cm³/mol. The normalized spacial score (nSPS) is 11.3. The fraction of sp³-hybridized carbons (Fsp3) is 0.400. The Morgan fingerprint density at radius 2 is 1.96 bits per heavy atom. The number of hydrogen-bond acceptors (Lipinski definition) is 3. The van der Waals surface area contributed by atoms with E-state index in [2.05, 4.69) is 52.3 Å². The molecule has 0 aliphatic heterocycles. The van der Waals surface area contributed by atoms with Crippen LogP contribution in [-0.2, 0) is 13.0 Å². The summed E-state index contributed by atoms with van der Waals surface area (Å²) in [5.74, 6) is 0.993. The van der Waals surface area contributed by atoms with E-state index in [0.29, 0.717) is 5.02 Å². The standard InChI is InChI=1S/C20H25ClN4/c1-14-7-8-16(10-15(14)2)12-22-9-5-3-4-6-19-24-18-11-17(21)13-23-20(18)25-19/h7-8,10-11,13,22H,3-6,9,12H2,1-2H3,(H,23,24,25). The lowest BCUT2D eigenvalue weighted by molar-refractivity contribution is 0.598. The first kappa shape index (κ1) is 17.9. The molecule has 0 atom stereocenters. The molecule has 3 rings (SSSR count). The molecular weight excluding hydrogens is 332 g/mol. The van der Waals surface area contributed by atoms with Crippen molar-refractivity contribution in [1.82, 2.24) is 20.3 Å². The Bertz CT molecular complexity index is 841. The molecule has 5 heteroatoms. The maximum Gasteiger partial charge on any atom is 0.177 e.